The van der Waals surface area contributed by atoms with Crippen molar-refractivity contribution in [3.05, 3.63) is 41.5 Å². The Morgan fingerprint density at radius 3 is 2.88 bits per heavy atom. The van der Waals surface area contributed by atoms with Gasteiger partial charge in [0.2, 0.25) is 0 Å². The van der Waals surface area contributed by atoms with Crippen molar-refractivity contribution in [3.8, 4) is 11.8 Å². The van der Waals surface area contributed by atoms with E-state index >= 15 is 0 Å². The van der Waals surface area contributed by atoms with Crippen LogP contribution < -0.4 is 10.1 Å². The van der Waals surface area contributed by atoms with Crippen LogP contribution in [0.3, 0.4) is 0 Å². The predicted molar refractivity (Wildman–Crippen MR) is 90.7 cm³/mol. The molecule has 0 saturated carbocycles. The fourth-order valence-corrected chi connectivity index (χ4v) is 2.85. The van der Waals surface area contributed by atoms with Crippen LogP contribution in [-0.2, 0) is 24.3 Å². The third-order valence-electron chi connectivity index (χ3n) is 4.27. The molecule has 7 heteroatoms. The van der Waals surface area contributed by atoms with Gasteiger partial charge in [-0.3, -0.25) is 4.79 Å². The van der Waals surface area contributed by atoms with Gasteiger partial charge in [0.15, 0.2) is 11.9 Å². The molecule has 0 aliphatic carbocycles. The van der Waals surface area contributed by atoms with Gasteiger partial charge in [0.25, 0.3) is 5.91 Å². The van der Waals surface area contributed by atoms with Crippen molar-refractivity contribution in [1.29, 1.82) is 5.26 Å². The van der Waals surface area contributed by atoms with E-state index < -0.39 is 6.10 Å². The lowest BCUT2D eigenvalue weighted by Gasteiger charge is -2.15. The highest BCUT2D eigenvalue weighted by molar-refractivity contribution is 5.80. The summed E-state index contributed by atoms with van der Waals surface area (Å²) in [7, 11) is 0. The Hall–Kier alpha value is -2.88. The van der Waals surface area contributed by atoms with Crippen LogP contribution in [0.5, 0.6) is 5.75 Å². The van der Waals surface area contributed by atoms with Gasteiger partial charge in [-0.2, -0.15) is 5.26 Å². The Labute approximate surface area is 146 Å². The van der Waals surface area contributed by atoms with Crippen molar-refractivity contribution in [2.45, 2.75) is 51.8 Å². The third kappa shape index (κ3) is 4.15. The molecule has 25 heavy (non-hydrogen) atoms. The van der Waals surface area contributed by atoms with Crippen LogP contribution in [0, 0.1) is 11.3 Å². The van der Waals surface area contributed by atoms with Gasteiger partial charge in [0.1, 0.15) is 11.6 Å². The summed E-state index contributed by atoms with van der Waals surface area (Å²) in [5, 5.41) is 20.1. The molecule has 1 aliphatic rings. The summed E-state index contributed by atoms with van der Waals surface area (Å²) in [5.41, 5.74) is 0.553. The van der Waals surface area contributed by atoms with Crippen molar-refractivity contribution in [2.75, 3.05) is 0 Å². The smallest absolute Gasteiger partial charge is 0.261 e. The lowest BCUT2D eigenvalue weighted by atomic mass is 10.2. The summed E-state index contributed by atoms with van der Waals surface area (Å²) in [6.07, 6.45) is 3.76. The maximum absolute atomic E-state index is 12.3. The Balaban J connectivity index is 1.55. The van der Waals surface area contributed by atoms with E-state index in [1.165, 1.54) is 6.42 Å². The zero-order valence-electron chi connectivity index (χ0n) is 14.2. The monoisotopic (exact) mass is 339 g/mol. The Morgan fingerprint density at radius 1 is 1.32 bits per heavy atom. The molecule has 1 unspecified atom stereocenters. The largest absolute Gasteiger partial charge is 0.481 e. The molecule has 0 bridgehead atoms. The molecule has 2 heterocycles. The Kier molecular flexibility index (Phi) is 5.29. The maximum atomic E-state index is 12.3. The number of nitrogens with one attached hydrogen (secondary N) is 1. The first-order chi connectivity index (χ1) is 12.2. The van der Waals surface area contributed by atoms with Crippen LogP contribution in [-0.4, -0.2) is 26.8 Å². The number of rotatable bonds is 5. The minimum Gasteiger partial charge on any atom is -0.481 e. The zero-order valence-corrected chi connectivity index (χ0v) is 14.2. The molecule has 130 valence electrons. The van der Waals surface area contributed by atoms with Crippen molar-refractivity contribution in [1.82, 2.24) is 20.1 Å². The van der Waals surface area contributed by atoms with E-state index in [4.69, 9.17) is 10.00 Å². The van der Waals surface area contributed by atoms with Crippen molar-refractivity contribution >= 4 is 5.91 Å². The maximum Gasteiger partial charge on any atom is 0.261 e. The van der Waals surface area contributed by atoms with Gasteiger partial charge in [-0.15, -0.1) is 10.2 Å². The van der Waals surface area contributed by atoms with E-state index in [1.807, 2.05) is 6.07 Å². The molecule has 1 aromatic heterocycles. The van der Waals surface area contributed by atoms with E-state index in [9.17, 15) is 4.79 Å². The van der Waals surface area contributed by atoms with Crippen molar-refractivity contribution in [2.24, 2.45) is 0 Å². The van der Waals surface area contributed by atoms with Gasteiger partial charge >= 0.3 is 0 Å². The first-order valence-corrected chi connectivity index (χ1v) is 8.53. The van der Waals surface area contributed by atoms with Crippen LogP contribution in [0.4, 0.5) is 0 Å². The molecule has 1 N–H and O–H groups in total. The van der Waals surface area contributed by atoms with E-state index in [2.05, 4.69) is 20.1 Å². The van der Waals surface area contributed by atoms with E-state index in [-0.39, 0.29) is 5.91 Å². The molecule has 7 nitrogen and oxygen atoms in total. The normalized spacial score (nSPS) is 14.7. The molecule has 3 rings (SSSR count). The van der Waals surface area contributed by atoms with Gasteiger partial charge in [0, 0.05) is 13.0 Å². The summed E-state index contributed by atoms with van der Waals surface area (Å²) in [6.45, 7) is 2.94. The number of nitriles is 1. The van der Waals surface area contributed by atoms with Gasteiger partial charge in [0.05, 0.1) is 18.2 Å². The summed E-state index contributed by atoms with van der Waals surface area (Å²) in [6, 6.07) is 8.72. The molecule has 2 aromatic rings. The van der Waals surface area contributed by atoms with Crippen LogP contribution in [0.25, 0.3) is 0 Å². The number of aromatic nitrogens is 3. The molecule has 1 amide bonds. The lowest BCUT2D eigenvalue weighted by molar-refractivity contribution is -0.127. The molecule has 1 aromatic carbocycles. The molecule has 0 spiro atoms. The van der Waals surface area contributed by atoms with Crippen molar-refractivity contribution < 1.29 is 9.53 Å². The van der Waals surface area contributed by atoms with Gasteiger partial charge in [-0.05, 0) is 44.0 Å². The molecule has 1 aliphatic heterocycles. The van der Waals surface area contributed by atoms with E-state index in [0.29, 0.717) is 17.9 Å². The second-order valence-corrected chi connectivity index (χ2v) is 6.11. The topological polar surface area (TPSA) is 92.8 Å². The minimum atomic E-state index is -0.639. The highest BCUT2D eigenvalue weighted by Crippen LogP contribution is 2.15. The standard InChI is InChI=1S/C18H21N5O2/c1-13(25-15-8-6-14(11-19)7-9-15)18(24)20-12-17-22-21-16-5-3-2-4-10-23(16)17/h6-9,13H,2-5,10,12H2,1H3,(H,20,24). The summed E-state index contributed by atoms with van der Waals surface area (Å²) < 4.78 is 7.72. The van der Waals surface area contributed by atoms with Crippen LogP contribution in [0.2, 0.25) is 0 Å². The number of carbonyl (C=O) groups is 1. The summed E-state index contributed by atoms with van der Waals surface area (Å²) in [4.78, 5) is 12.3. The number of aryl methyl sites for hydroxylation is 1. The van der Waals surface area contributed by atoms with E-state index in [1.54, 1.807) is 31.2 Å². The number of carbonyl (C=O) groups excluding carboxylic acids is 1. The number of hydrogen-bond acceptors (Lipinski definition) is 5. The molecule has 0 fully saturated rings. The first kappa shape index (κ1) is 17.0. The van der Waals surface area contributed by atoms with E-state index in [0.717, 1.165) is 37.5 Å². The Morgan fingerprint density at radius 2 is 2.12 bits per heavy atom. The molecular weight excluding hydrogens is 318 g/mol. The number of hydrogen-bond donors (Lipinski definition) is 1. The molecular formula is C18H21N5O2. The fraction of sp³-hybridized carbons (Fsp3) is 0.444. The van der Waals surface area contributed by atoms with Gasteiger partial charge < -0.3 is 14.6 Å². The predicted octanol–water partition coefficient (Wildman–Crippen LogP) is 1.96. The number of ether oxygens (including phenoxy) is 1. The summed E-state index contributed by atoms with van der Waals surface area (Å²) >= 11 is 0. The highest BCUT2D eigenvalue weighted by atomic mass is 16.5. The fourth-order valence-electron chi connectivity index (χ4n) is 2.85. The highest BCUT2D eigenvalue weighted by Gasteiger charge is 2.18. The number of fused-ring (bicyclic) bond motifs is 1. The average Bonchev–Trinajstić information content (AvgIpc) is 2.86. The number of amides is 1. The zero-order chi connectivity index (χ0) is 17.6. The van der Waals surface area contributed by atoms with Gasteiger partial charge in [-0.25, -0.2) is 0 Å². The molecule has 0 radical (unpaired) electrons. The molecule has 1 atom stereocenters. The van der Waals surface area contributed by atoms with Crippen LogP contribution >= 0.6 is 0 Å². The minimum absolute atomic E-state index is 0.213. The SMILES string of the molecule is CC(Oc1ccc(C#N)cc1)C(=O)NCc1nnc2n1CCCCC2. The Bertz CT molecular complexity index is 776. The van der Waals surface area contributed by atoms with Crippen LogP contribution in [0.15, 0.2) is 24.3 Å². The van der Waals surface area contributed by atoms with Gasteiger partial charge in [-0.1, -0.05) is 6.42 Å². The second kappa shape index (κ2) is 7.79. The summed E-state index contributed by atoms with van der Waals surface area (Å²) in [5.74, 6) is 2.13. The third-order valence-corrected chi connectivity index (χ3v) is 4.27. The number of benzene rings is 1. The molecule has 0 saturated heterocycles. The quantitative estimate of drug-likeness (QED) is 0.899. The second-order valence-electron chi connectivity index (χ2n) is 6.11. The van der Waals surface area contributed by atoms with Crippen LogP contribution in [0.1, 0.15) is 43.4 Å². The van der Waals surface area contributed by atoms with Crippen molar-refractivity contribution in [3.63, 3.8) is 0 Å². The average molecular weight is 339 g/mol. The first-order valence-electron chi connectivity index (χ1n) is 8.53. The lowest BCUT2D eigenvalue weighted by Crippen LogP contribution is -2.36. The number of nitrogens with zero attached hydrogens (tertiary/aromatic N) is 4.